The van der Waals surface area contributed by atoms with Crippen LogP contribution in [0.5, 0.6) is 0 Å². The normalized spacial score (nSPS) is 15.3. The number of carboxylic acids is 1. The Labute approximate surface area is 204 Å². The van der Waals surface area contributed by atoms with Crippen molar-refractivity contribution in [2.45, 2.75) is 38.0 Å². The molecule has 2 amide bonds. The van der Waals surface area contributed by atoms with E-state index in [1.54, 1.807) is 17.3 Å². The van der Waals surface area contributed by atoms with Crippen molar-refractivity contribution in [3.63, 3.8) is 0 Å². The van der Waals surface area contributed by atoms with Gasteiger partial charge in [0, 0.05) is 18.8 Å². The molecule has 2 heterocycles. The first kappa shape index (κ1) is 26.7. The molecule has 1 saturated heterocycles. The zero-order valence-electron chi connectivity index (χ0n) is 19.2. The highest BCUT2D eigenvalue weighted by Crippen LogP contribution is 2.22. The molecule has 1 fully saturated rings. The molecule has 1 aliphatic rings. The summed E-state index contributed by atoms with van der Waals surface area (Å²) < 4.78 is 33.8. The Morgan fingerprint density at radius 3 is 2.56 bits per heavy atom. The van der Waals surface area contributed by atoms with Crippen LogP contribution in [0.1, 0.15) is 18.4 Å². The van der Waals surface area contributed by atoms with Gasteiger partial charge in [-0.05, 0) is 55.6 Å². The third-order valence-electron chi connectivity index (χ3n) is 5.63. The highest BCUT2D eigenvalue weighted by atomic mass is 19.4. The maximum Gasteiger partial charge on any atom is 0.490 e. The van der Waals surface area contributed by atoms with Crippen LogP contribution in [0, 0.1) is 0 Å². The number of fused-ring (bicyclic) bond motifs is 1. The number of benzene rings is 2. The fourth-order valence-corrected chi connectivity index (χ4v) is 3.96. The molecule has 1 unspecified atom stereocenters. The molecule has 4 N–H and O–H groups in total. The monoisotopic (exact) mass is 505 g/mol. The maximum absolute atomic E-state index is 12.8. The van der Waals surface area contributed by atoms with E-state index < -0.39 is 24.0 Å². The Hall–Kier alpha value is -3.93. The Morgan fingerprint density at radius 2 is 1.86 bits per heavy atom. The van der Waals surface area contributed by atoms with Gasteiger partial charge in [0.1, 0.15) is 0 Å². The predicted molar refractivity (Wildman–Crippen MR) is 126 cm³/mol. The van der Waals surface area contributed by atoms with E-state index >= 15 is 0 Å². The number of hydrogen-bond donors (Lipinski definition) is 3. The second kappa shape index (κ2) is 11.7. The van der Waals surface area contributed by atoms with Gasteiger partial charge in [0.2, 0.25) is 0 Å². The van der Waals surface area contributed by atoms with Gasteiger partial charge in [0.05, 0.1) is 23.4 Å². The summed E-state index contributed by atoms with van der Waals surface area (Å²) in [7, 11) is 0. The molecule has 1 atom stereocenters. The molecule has 2 aromatic carbocycles. The fraction of sp³-hybridized carbons (Fsp3) is 0.333. The van der Waals surface area contributed by atoms with Crippen molar-refractivity contribution in [3.05, 3.63) is 60.4 Å². The number of nitrogens with two attached hydrogens (primary N) is 1. The zero-order valence-corrected chi connectivity index (χ0v) is 19.2. The van der Waals surface area contributed by atoms with Crippen LogP contribution in [-0.4, -0.2) is 62.6 Å². The second-order valence-electron chi connectivity index (χ2n) is 8.18. The number of alkyl halides is 3. The smallest absolute Gasteiger partial charge is 0.475 e. The lowest BCUT2D eigenvalue weighted by Crippen LogP contribution is -2.44. The standard InChI is InChI=1S/C22H25N5O2.C2HF3O2/c23-11-10-16-5-3-6-17(13-16)25-21(28)22(29)27-12-4-7-18(27)14-26-15-24-19-8-1-2-9-20(19)26;3-2(4,5)1(6)7/h1-3,5-6,8-9,13,15,18H,4,7,10-12,14,23H2,(H,25,28);(H,6,7). The van der Waals surface area contributed by atoms with Gasteiger partial charge >= 0.3 is 24.0 Å². The number of aliphatic carboxylic acids is 1. The van der Waals surface area contributed by atoms with Crippen molar-refractivity contribution in [3.8, 4) is 0 Å². The molecule has 0 spiro atoms. The molecule has 1 aromatic heterocycles. The summed E-state index contributed by atoms with van der Waals surface area (Å²) in [4.78, 5) is 40.4. The quantitative estimate of drug-likeness (QED) is 0.457. The van der Waals surface area contributed by atoms with Crippen molar-refractivity contribution in [1.29, 1.82) is 0 Å². The highest BCUT2D eigenvalue weighted by Gasteiger charge is 2.38. The Morgan fingerprint density at radius 1 is 1.14 bits per heavy atom. The fourth-order valence-electron chi connectivity index (χ4n) is 3.96. The van der Waals surface area contributed by atoms with Crippen molar-refractivity contribution < 1.29 is 32.7 Å². The first-order valence-electron chi connectivity index (χ1n) is 11.2. The first-order valence-corrected chi connectivity index (χ1v) is 11.2. The van der Waals surface area contributed by atoms with Gasteiger partial charge < -0.3 is 25.6 Å². The van der Waals surface area contributed by atoms with Crippen LogP contribution in [0.4, 0.5) is 18.9 Å². The van der Waals surface area contributed by atoms with Crippen LogP contribution in [0.25, 0.3) is 11.0 Å². The minimum atomic E-state index is -5.08. The third kappa shape index (κ3) is 6.81. The summed E-state index contributed by atoms with van der Waals surface area (Å²) in [5.74, 6) is -3.84. The van der Waals surface area contributed by atoms with Gasteiger partial charge in [-0.3, -0.25) is 9.59 Å². The molecule has 9 nitrogen and oxygen atoms in total. The number of amides is 2. The van der Waals surface area contributed by atoms with E-state index in [-0.39, 0.29) is 6.04 Å². The number of carbonyl (C=O) groups is 3. The van der Waals surface area contributed by atoms with Gasteiger partial charge in [0.25, 0.3) is 0 Å². The topological polar surface area (TPSA) is 131 Å². The molecule has 1 aliphatic heterocycles. The SMILES string of the molecule is NCCc1cccc(NC(=O)C(=O)N2CCCC2Cn2cnc3ccccc32)c1.O=C(O)C(F)(F)F. The summed E-state index contributed by atoms with van der Waals surface area (Å²) >= 11 is 0. The summed E-state index contributed by atoms with van der Waals surface area (Å²) in [5, 5.41) is 9.86. The number of anilines is 1. The van der Waals surface area contributed by atoms with E-state index in [9.17, 15) is 22.8 Å². The van der Waals surface area contributed by atoms with E-state index in [4.69, 9.17) is 15.6 Å². The number of aromatic nitrogens is 2. The third-order valence-corrected chi connectivity index (χ3v) is 5.63. The number of carbonyl (C=O) groups excluding carboxylic acids is 2. The lowest BCUT2D eigenvalue weighted by Gasteiger charge is -2.24. The molecule has 4 rings (SSSR count). The predicted octanol–water partition coefficient (Wildman–Crippen LogP) is 2.80. The van der Waals surface area contributed by atoms with Gasteiger partial charge in [-0.15, -0.1) is 0 Å². The Kier molecular flexibility index (Phi) is 8.64. The Balaban J connectivity index is 0.000000454. The molecule has 0 aliphatic carbocycles. The number of carboxylic acid groups (broad SMARTS) is 1. The van der Waals surface area contributed by atoms with Crippen LogP contribution in [-0.2, 0) is 27.3 Å². The molecule has 0 radical (unpaired) electrons. The van der Waals surface area contributed by atoms with E-state index in [2.05, 4.69) is 14.9 Å². The first-order chi connectivity index (χ1) is 17.1. The van der Waals surface area contributed by atoms with Gasteiger partial charge in [-0.1, -0.05) is 24.3 Å². The van der Waals surface area contributed by atoms with Gasteiger partial charge in [-0.2, -0.15) is 13.2 Å². The highest BCUT2D eigenvalue weighted by molar-refractivity contribution is 6.39. The van der Waals surface area contributed by atoms with Crippen molar-refractivity contribution in [2.75, 3.05) is 18.4 Å². The van der Waals surface area contributed by atoms with Gasteiger partial charge in [-0.25, -0.2) is 9.78 Å². The van der Waals surface area contributed by atoms with Crippen LogP contribution in [0.2, 0.25) is 0 Å². The molecule has 3 aromatic rings. The molecule has 36 heavy (non-hydrogen) atoms. The largest absolute Gasteiger partial charge is 0.490 e. The second-order valence-corrected chi connectivity index (χ2v) is 8.18. The van der Waals surface area contributed by atoms with Crippen molar-refractivity contribution >= 4 is 34.5 Å². The van der Waals surface area contributed by atoms with E-state index in [0.717, 1.165) is 35.9 Å². The number of hydrogen-bond acceptors (Lipinski definition) is 5. The van der Waals surface area contributed by atoms with Crippen LogP contribution >= 0.6 is 0 Å². The van der Waals surface area contributed by atoms with Gasteiger partial charge in [0.15, 0.2) is 0 Å². The van der Waals surface area contributed by atoms with Crippen LogP contribution < -0.4 is 11.1 Å². The number of nitrogens with zero attached hydrogens (tertiary/aromatic N) is 3. The molecule has 12 heteroatoms. The van der Waals surface area contributed by atoms with E-state index in [1.807, 2.05) is 42.5 Å². The molecule has 192 valence electrons. The zero-order chi connectivity index (χ0) is 26.3. The number of likely N-dealkylation sites (tertiary alicyclic amines) is 1. The minimum Gasteiger partial charge on any atom is -0.475 e. The van der Waals surface area contributed by atoms with E-state index in [0.29, 0.717) is 25.3 Å². The minimum absolute atomic E-state index is 0.0190. The maximum atomic E-state index is 12.8. The van der Waals surface area contributed by atoms with Crippen LogP contribution in [0.3, 0.4) is 0 Å². The van der Waals surface area contributed by atoms with Crippen LogP contribution in [0.15, 0.2) is 54.9 Å². The number of para-hydroxylation sites is 2. The Bertz CT molecular complexity index is 1230. The number of nitrogens with one attached hydrogen (secondary N) is 1. The summed E-state index contributed by atoms with van der Waals surface area (Å²) in [5.41, 5.74) is 9.21. The summed E-state index contributed by atoms with van der Waals surface area (Å²) in [6, 6.07) is 15.3. The number of rotatable bonds is 5. The lowest BCUT2D eigenvalue weighted by atomic mass is 10.1. The van der Waals surface area contributed by atoms with E-state index in [1.165, 1.54) is 0 Å². The molecular weight excluding hydrogens is 479 g/mol. The molecule has 0 saturated carbocycles. The average Bonchev–Trinajstić information content (AvgIpc) is 3.46. The molecule has 0 bridgehead atoms. The average molecular weight is 505 g/mol. The molecular formula is C24H26F3N5O4. The van der Waals surface area contributed by atoms with Crippen molar-refractivity contribution in [2.24, 2.45) is 5.73 Å². The summed E-state index contributed by atoms with van der Waals surface area (Å²) in [6.07, 6.45) is -0.792. The number of halogens is 3. The lowest BCUT2D eigenvalue weighted by molar-refractivity contribution is -0.192. The number of imidazole rings is 1. The van der Waals surface area contributed by atoms with Crippen molar-refractivity contribution in [1.82, 2.24) is 14.5 Å². The summed E-state index contributed by atoms with van der Waals surface area (Å²) in [6.45, 7) is 1.76.